The summed E-state index contributed by atoms with van der Waals surface area (Å²) in [7, 11) is 0. The Morgan fingerprint density at radius 2 is 2.04 bits per heavy atom. The fourth-order valence-corrected chi connectivity index (χ4v) is 3.40. The number of aromatic nitrogens is 3. The number of hydrogen-bond acceptors (Lipinski definition) is 3. The Morgan fingerprint density at radius 1 is 1.26 bits per heavy atom. The smallest absolute Gasteiger partial charge is 0.191 e. The molecule has 0 unspecified atom stereocenters. The van der Waals surface area contributed by atoms with Crippen LogP contribution in [0.1, 0.15) is 57.6 Å². The molecule has 1 aromatic rings. The topological polar surface area (TPSA) is 67.1 Å². The molecule has 2 N–H and O–H groups in total. The molecule has 0 atom stereocenters. The van der Waals surface area contributed by atoms with Crippen molar-refractivity contribution in [2.45, 2.75) is 71.5 Å². The predicted octanol–water partition coefficient (Wildman–Crippen LogP) is 2.48. The van der Waals surface area contributed by atoms with Gasteiger partial charge < -0.3 is 15.2 Å². The zero-order valence-corrected chi connectivity index (χ0v) is 16.5. The maximum atomic E-state index is 4.72. The summed E-state index contributed by atoms with van der Waals surface area (Å²) >= 11 is 0. The number of guanidine groups is 1. The molecule has 0 amide bonds. The van der Waals surface area contributed by atoms with Crippen LogP contribution in [0.15, 0.2) is 4.99 Å². The van der Waals surface area contributed by atoms with Crippen LogP contribution in [-0.2, 0) is 19.5 Å². The third kappa shape index (κ3) is 4.81. The van der Waals surface area contributed by atoms with E-state index in [-0.39, 0.29) is 24.0 Å². The van der Waals surface area contributed by atoms with Crippen LogP contribution in [0.3, 0.4) is 0 Å². The predicted molar refractivity (Wildman–Crippen MR) is 103 cm³/mol. The molecular weight excluding hydrogens is 403 g/mol. The van der Waals surface area contributed by atoms with Crippen molar-refractivity contribution >= 4 is 29.9 Å². The molecule has 0 spiro atoms. The maximum Gasteiger partial charge on any atom is 0.191 e. The highest BCUT2D eigenvalue weighted by Crippen LogP contribution is 2.23. The molecule has 1 aromatic heterocycles. The Morgan fingerprint density at radius 3 is 2.78 bits per heavy atom. The van der Waals surface area contributed by atoms with E-state index in [1.165, 1.54) is 32.1 Å². The average Bonchev–Trinajstić information content (AvgIpc) is 3.11. The summed E-state index contributed by atoms with van der Waals surface area (Å²) in [5.74, 6) is 3.89. The first kappa shape index (κ1) is 18.5. The highest BCUT2D eigenvalue weighted by molar-refractivity contribution is 14.0. The molecule has 0 aromatic carbocycles. The lowest BCUT2D eigenvalue weighted by Crippen LogP contribution is -2.44. The van der Waals surface area contributed by atoms with Gasteiger partial charge in [-0.05, 0) is 44.9 Å². The maximum absolute atomic E-state index is 4.72. The van der Waals surface area contributed by atoms with Crippen LogP contribution < -0.4 is 10.6 Å². The van der Waals surface area contributed by atoms with Gasteiger partial charge in [-0.25, -0.2) is 4.99 Å². The number of fused-ring (bicyclic) bond motifs is 1. The number of aryl methyl sites for hydroxylation is 1. The lowest BCUT2D eigenvalue weighted by molar-refractivity contribution is 0.329. The minimum Gasteiger partial charge on any atom is -0.357 e. The normalized spacial score (nSPS) is 24.0. The zero-order chi connectivity index (χ0) is 15.4. The van der Waals surface area contributed by atoms with Gasteiger partial charge in [-0.3, -0.25) is 0 Å². The third-order valence-electron chi connectivity index (χ3n) is 4.77. The van der Waals surface area contributed by atoms with Crippen LogP contribution >= 0.6 is 24.0 Å². The summed E-state index contributed by atoms with van der Waals surface area (Å²) in [4.78, 5) is 4.72. The number of nitrogens with zero attached hydrogens (tertiary/aromatic N) is 4. The van der Waals surface area contributed by atoms with Crippen LogP contribution in [0, 0.1) is 5.92 Å². The first-order valence-electron chi connectivity index (χ1n) is 8.72. The van der Waals surface area contributed by atoms with Gasteiger partial charge in [-0.2, -0.15) is 0 Å². The highest BCUT2D eigenvalue weighted by Gasteiger charge is 2.20. The molecule has 130 valence electrons. The first-order valence-corrected chi connectivity index (χ1v) is 8.72. The monoisotopic (exact) mass is 432 g/mol. The molecule has 6 nitrogen and oxygen atoms in total. The molecule has 3 rings (SSSR count). The number of hydrogen-bond donors (Lipinski definition) is 2. The standard InChI is InChI=1S/C16H28N6.HI/c1-3-17-16(19-13-8-6-12(2)7-9-13)18-11-15-21-20-14-5-4-10-22(14)15;/h12-13H,3-11H2,1-2H3,(H2,17,18,19);1H. The van der Waals surface area contributed by atoms with Crippen molar-refractivity contribution in [1.82, 2.24) is 25.4 Å². The molecule has 1 fully saturated rings. The fraction of sp³-hybridized carbons (Fsp3) is 0.812. The van der Waals surface area contributed by atoms with Crippen molar-refractivity contribution in [3.8, 4) is 0 Å². The van der Waals surface area contributed by atoms with E-state index in [4.69, 9.17) is 4.99 Å². The first-order chi connectivity index (χ1) is 10.8. The molecule has 0 bridgehead atoms. The summed E-state index contributed by atoms with van der Waals surface area (Å²) in [6.45, 7) is 6.98. The lowest BCUT2D eigenvalue weighted by Gasteiger charge is -2.28. The second kappa shape index (κ2) is 8.84. The summed E-state index contributed by atoms with van der Waals surface area (Å²) in [6, 6.07) is 0.554. The lowest BCUT2D eigenvalue weighted by atomic mass is 9.87. The van der Waals surface area contributed by atoms with Crippen LogP contribution in [0.2, 0.25) is 0 Å². The van der Waals surface area contributed by atoms with Crippen molar-refractivity contribution in [3.05, 3.63) is 11.6 Å². The van der Waals surface area contributed by atoms with Gasteiger partial charge in [-0.15, -0.1) is 34.2 Å². The van der Waals surface area contributed by atoms with E-state index in [2.05, 4.69) is 39.2 Å². The van der Waals surface area contributed by atoms with E-state index in [0.29, 0.717) is 12.6 Å². The van der Waals surface area contributed by atoms with Gasteiger partial charge in [-0.1, -0.05) is 6.92 Å². The van der Waals surface area contributed by atoms with Crippen molar-refractivity contribution in [1.29, 1.82) is 0 Å². The molecule has 7 heteroatoms. The van der Waals surface area contributed by atoms with E-state index >= 15 is 0 Å². The van der Waals surface area contributed by atoms with E-state index < -0.39 is 0 Å². The second-order valence-corrected chi connectivity index (χ2v) is 6.58. The molecular formula is C16H29IN6. The van der Waals surface area contributed by atoms with E-state index in [1.54, 1.807) is 0 Å². The van der Waals surface area contributed by atoms with E-state index in [0.717, 1.165) is 43.0 Å². The van der Waals surface area contributed by atoms with Crippen LogP contribution in [0.5, 0.6) is 0 Å². The Labute approximate surface area is 155 Å². The summed E-state index contributed by atoms with van der Waals surface area (Å²) in [6.07, 6.45) is 7.34. The molecule has 0 radical (unpaired) electrons. The molecule has 1 aliphatic heterocycles. The molecule has 23 heavy (non-hydrogen) atoms. The van der Waals surface area contributed by atoms with Crippen molar-refractivity contribution < 1.29 is 0 Å². The van der Waals surface area contributed by atoms with Crippen molar-refractivity contribution in [2.24, 2.45) is 10.9 Å². The quantitative estimate of drug-likeness (QED) is 0.436. The fourth-order valence-electron chi connectivity index (χ4n) is 3.40. The largest absolute Gasteiger partial charge is 0.357 e. The molecule has 0 saturated heterocycles. The number of halogens is 1. The summed E-state index contributed by atoms with van der Waals surface area (Å²) < 4.78 is 2.22. The SMILES string of the molecule is CCNC(=NCc1nnc2n1CCC2)NC1CCC(C)CC1.I. The second-order valence-electron chi connectivity index (χ2n) is 6.58. The van der Waals surface area contributed by atoms with Gasteiger partial charge in [0.25, 0.3) is 0 Å². The average molecular weight is 432 g/mol. The minimum atomic E-state index is 0. The van der Waals surface area contributed by atoms with Crippen molar-refractivity contribution in [2.75, 3.05) is 6.54 Å². The van der Waals surface area contributed by atoms with Gasteiger partial charge in [0.2, 0.25) is 0 Å². The Hall–Kier alpha value is -0.860. The summed E-state index contributed by atoms with van der Waals surface area (Å²) in [5.41, 5.74) is 0. The van der Waals surface area contributed by atoms with Gasteiger partial charge in [0.15, 0.2) is 11.8 Å². The van der Waals surface area contributed by atoms with Crippen LogP contribution in [0.4, 0.5) is 0 Å². The van der Waals surface area contributed by atoms with Crippen molar-refractivity contribution in [3.63, 3.8) is 0 Å². The Bertz CT molecular complexity index is 519. The van der Waals surface area contributed by atoms with E-state index in [1.807, 2.05) is 0 Å². The Kier molecular flexibility index (Phi) is 7.10. The third-order valence-corrected chi connectivity index (χ3v) is 4.77. The van der Waals surface area contributed by atoms with Gasteiger partial charge >= 0.3 is 0 Å². The van der Waals surface area contributed by atoms with E-state index in [9.17, 15) is 0 Å². The van der Waals surface area contributed by atoms with Crippen LogP contribution in [-0.4, -0.2) is 33.3 Å². The highest BCUT2D eigenvalue weighted by atomic mass is 127. The number of nitrogens with one attached hydrogen (secondary N) is 2. The molecule has 2 aliphatic rings. The van der Waals surface area contributed by atoms with Gasteiger partial charge in [0, 0.05) is 25.6 Å². The van der Waals surface area contributed by atoms with Gasteiger partial charge in [0.05, 0.1) is 0 Å². The minimum absolute atomic E-state index is 0. The summed E-state index contributed by atoms with van der Waals surface area (Å²) in [5, 5.41) is 15.5. The molecule has 1 saturated carbocycles. The number of rotatable bonds is 4. The van der Waals surface area contributed by atoms with Crippen LogP contribution in [0.25, 0.3) is 0 Å². The molecule has 1 aliphatic carbocycles. The Balaban J connectivity index is 0.00000192. The zero-order valence-electron chi connectivity index (χ0n) is 14.2. The van der Waals surface area contributed by atoms with Gasteiger partial charge in [0.1, 0.15) is 12.4 Å². The molecule has 2 heterocycles. The number of aliphatic imine (C=N–C) groups is 1.